The van der Waals surface area contributed by atoms with E-state index in [2.05, 4.69) is 0 Å². The number of ether oxygens (including phenoxy) is 2. The zero-order valence-corrected chi connectivity index (χ0v) is 7.99. The monoisotopic (exact) mass is 190 g/mol. The third-order valence-corrected chi connectivity index (χ3v) is 1.39. The predicted octanol–water partition coefficient (Wildman–Crippen LogP) is 0.777. The molecule has 0 rings (SSSR count). The van der Waals surface area contributed by atoms with Crippen molar-refractivity contribution in [2.45, 2.75) is 32.5 Å². The Bertz CT molecular complexity index is 197. The maximum Gasteiger partial charge on any atom is 0.308 e. The van der Waals surface area contributed by atoms with E-state index in [-0.39, 0.29) is 12.8 Å². The van der Waals surface area contributed by atoms with Gasteiger partial charge in [0.2, 0.25) is 5.79 Å². The highest BCUT2D eigenvalue weighted by Crippen LogP contribution is 2.10. The number of rotatable bonds is 5. The molecule has 0 aliphatic carbocycles. The van der Waals surface area contributed by atoms with Crippen molar-refractivity contribution in [1.82, 2.24) is 0 Å². The summed E-state index contributed by atoms with van der Waals surface area (Å²) in [6.45, 7) is 3.15. The Hall–Kier alpha value is -1.10. The molecule has 0 radical (unpaired) electrons. The molecule has 1 N–H and O–H groups in total. The van der Waals surface area contributed by atoms with Crippen molar-refractivity contribution >= 4 is 11.9 Å². The summed E-state index contributed by atoms with van der Waals surface area (Å²) >= 11 is 0. The van der Waals surface area contributed by atoms with Crippen LogP contribution in [0, 0.1) is 0 Å². The molecule has 0 aromatic carbocycles. The highest BCUT2D eigenvalue weighted by molar-refractivity contribution is 5.76. The first-order chi connectivity index (χ1) is 5.87. The molecule has 0 saturated carbocycles. The van der Waals surface area contributed by atoms with Gasteiger partial charge in [-0.05, 0) is 0 Å². The minimum Gasteiger partial charge on any atom is -0.481 e. The van der Waals surface area contributed by atoms with Gasteiger partial charge < -0.3 is 14.6 Å². The summed E-state index contributed by atoms with van der Waals surface area (Å²) in [6, 6.07) is 0. The van der Waals surface area contributed by atoms with Crippen LogP contribution in [0.1, 0.15) is 26.7 Å². The van der Waals surface area contributed by atoms with Crippen molar-refractivity contribution in [3.8, 4) is 0 Å². The van der Waals surface area contributed by atoms with Gasteiger partial charge in [-0.3, -0.25) is 9.59 Å². The van der Waals surface area contributed by atoms with E-state index in [4.69, 9.17) is 14.6 Å². The topological polar surface area (TPSA) is 72.8 Å². The van der Waals surface area contributed by atoms with E-state index in [0.29, 0.717) is 0 Å². The van der Waals surface area contributed by atoms with Crippen LogP contribution < -0.4 is 0 Å². The summed E-state index contributed by atoms with van der Waals surface area (Å²) in [5, 5.41) is 8.28. The zero-order chi connectivity index (χ0) is 10.5. The summed E-state index contributed by atoms with van der Waals surface area (Å²) < 4.78 is 9.64. The molecule has 0 spiro atoms. The lowest BCUT2D eigenvalue weighted by Crippen LogP contribution is -2.30. The fourth-order valence-electron chi connectivity index (χ4n) is 0.576. The predicted molar refractivity (Wildman–Crippen MR) is 44.0 cm³/mol. The molecule has 0 bridgehead atoms. The number of esters is 1. The summed E-state index contributed by atoms with van der Waals surface area (Å²) in [5.74, 6) is -2.59. The van der Waals surface area contributed by atoms with Crippen LogP contribution in [0.15, 0.2) is 0 Å². The second kappa shape index (κ2) is 4.81. The molecule has 5 nitrogen and oxygen atoms in total. The average molecular weight is 190 g/mol. The van der Waals surface area contributed by atoms with Gasteiger partial charge in [0.1, 0.15) is 0 Å². The Morgan fingerprint density at radius 2 is 1.85 bits per heavy atom. The van der Waals surface area contributed by atoms with Crippen LogP contribution in [0.3, 0.4) is 0 Å². The number of carbonyl (C=O) groups is 2. The van der Waals surface area contributed by atoms with Gasteiger partial charge in [-0.2, -0.15) is 0 Å². The molecule has 0 saturated heterocycles. The lowest BCUT2D eigenvalue weighted by atomic mass is 10.3. The summed E-state index contributed by atoms with van der Waals surface area (Å²) in [7, 11) is 1.41. The zero-order valence-electron chi connectivity index (χ0n) is 7.99. The Morgan fingerprint density at radius 3 is 2.23 bits per heavy atom. The Labute approximate surface area is 76.6 Å². The van der Waals surface area contributed by atoms with Gasteiger partial charge in [0, 0.05) is 21.0 Å². The molecule has 0 heterocycles. The fourth-order valence-corrected chi connectivity index (χ4v) is 0.576. The van der Waals surface area contributed by atoms with Crippen LogP contribution in [0.5, 0.6) is 0 Å². The summed E-state index contributed by atoms with van der Waals surface area (Å²) in [5.41, 5.74) is 0. The molecule has 0 aromatic rings. The smallest absolute Gasteiger partial charge is 0.308 e. The number of carbonyl (C=O) groups excluding carboxylic acids is 1. The van der Waals surface area contributed by atoms with Crippen LogP contribution in [0.2, 0.25) is 0 Å². The van der Waals surface area contributed by atoms with Crippen LogP contribution in [0.25, 0.3) is 0 Å². The van der Waals surface area contributed by atoms with Crippen molar-refractivity contribution in [3.63, 3.8) is 0 Å². The van der Waals surface area contributed by atoms with E-state index in [0.717, 1.165) is 0 Å². The summed E-state index contributed by atoms with van der Waals surface area (Å²) in [4.78, 5) is 21.1. The molecule has 0 fully saturated rings. The number of hydrogen-bond donors (Lipinski definition) is 1. The standard InChI is InChI=1S/C8H14O5/c1-8(2,12-3)13-7(11)5-4-6(9)10/h4-5H2,1-3H3,(H,9,10). The van der Waals surface area contributed by atoms with E-state index in [1.165, 1.54) is 7.11 Å². The Balaban J connectivity index is 3.81. The highest BCUT2D eigenvalue weighted by Gasteiger charge is 2.21. The maximum atomic E-state index is 11.0. The Kier molecular flexibility index (Phi) is 4.40. The molecular formula is C8H14O5. The van der Waals surface area contributed by atoms with Gasteiger partial charge in [0.15, 0.2) is 0 Å². The second-order valence-corrected chi connectivity index (χ2v) is 2.97. The minimum atomic E-state index is -1.02. The second-order valence-electron chi connectivity index (χ2n) is 2.97. The van der Waals surface area contributed by atoms with Crippen LogP contribution in [-0.4, -0.2) is 29.9 Å². The molecule has 5 heteroatoms. The SMILES string of the molecule is COC(C)(C)OC(=O)CCC(=O)O. The normalized spacial score (nSPS) is 11.0. The number of hydrogen-bond acceptors (Lipinski definition) is 4. The largest absolute Gasteiger partial charge is 0.481 e. The number of methoxy groups -OCH3 is 1. The lowest BCUT2D eigenvalue weighted by Gasteiger charge is -2.22. The van der Waals surface area contributed by atoms with Crippen molar-refractivity contribution in [3.05, 3.63) is 0 Å². The van der Waals surface area contributed by atoms with Gasteiger partial charge in [-0.1, -0.05) is 0 Å². The van der Waals surface area contributed by atoms with E-state index >= 15 is 0 Å². The molecule has 0 atom stereocenters. The molecular weight excluding hydrogens is 176 g/mol. The third kappa shape index (κ3) is 6.10. The molecule has 0 unspecified atom stereocenters. The summed E-state index contributed by atoms with van der Waals surface area (Å²) in [6.07, 6.45) is -0.360. The first-order valence-electron chi connectivity index (χ1n) is 3.86. The Morgan fingerprint density at radius 1 is 1.31 bits per heavy atom. The van der Waals surface area contributed by atoms with Crippen LogP contribution >= 0.6 is 0 Å². The molecule has 0 aliphatic rings. The molecule has 76 valence electrons. The molecule has 0 aliphatic heterocycles. The fraction of sp³-hybridized carbons (Fsp3) is 0.750. The van der Waals surface area contributed by atoms with E-state index in [1.54, 1.807) is 13.8 Å². The lowest BCUT2D eigenvalue weighted by molar-refractivity contribution is -0.206. The molecule has 0 aromatic heterocycles. The molecule has 13 heavy (non-hydrogen) atoms. The first-order valence-corrected chi connectivity index (χ1v) is 3.86. The average Bonchev–Trinajstić information content (AvgIpc) is 2.00. The van der Waals surface area contributed by atoms with Crippen molar-refractivity contribution < 1.29 is 24.2 Å². The third-order valence-electron chi connectivity index (χ3n) is 1.39. The van der Waals surface area contributed by atoms with Crippen LogP contribution in [-0.2, 0) is 19.1 Å². The quantitative estimate of drug-likeness (QED) is 0.512. The molecule has 0 amide bonds. The van der Waals surface area contributed by atoms with Crippen LogP contribution in [0.4, 0.5) is 0 Å². The maximum absolute atomic E-state index is 11.0. The van der Waals surface area contributed by atoms with Gasteiger partial charge in [-0.25, -0.2) is 0 Å². The van der Waals surface area contributed by atoms with Crippen molar-refractivity contribution in [1.29, 1.82) is 0 Å². The van der Waals surface area contributed by atoms with E-state index in [1.807, 2.05) is 0 Å². The van der Waals surface area contributed by atoms with Gasteiger partial charge in [0.25, 0.3) is 0 Å². The van der Waals surface area contributed by atoms with E-state index < -0.39 is 17.7 Å². The minimum absolute atomic E-state index is 0.137. The van der Waals surface area contributed by atoms with Crippen molar-refractivity contribution in [2.24, 2.45) is 0 Å². The number of aliphatic carboxylic acids is 1. The number of carboxylic acids is 1. The van der Waals surface area contributed by atoms with Gasteiger partial charge in [-0.15, -0.1) is 0 Å². The van der Waals surface area contributed by atoms with Crippen molar-refractivity contribution in [2.75, 3.05) is 7.11 Å². The first kappa shape index (κ1) is 11.9. The number of carboxylic acid groups (broad SMARTS) is 1. The van der Waals surface area contributed by atoms with Gasteiger partial charge >= 0.3 is 11.9 Å². The van der Waals surface area contributed by atoms with E-state index in [9.17, 15) is 9.59 Å². The highest BCUT2D eigenvalue weighted by atomic mass is 16.7. The van der Waals surface area contributed by atoms with Gasteiger partial charge in [0.05, 0.1) is 12.8 Å².